The van der Waals surface area contributed by atoms with Crippen LogP contribution in [-0.2, 0) is 4.74 Å². The topological polar surface area (TPSA) is 26.3 Å². The van der Waals surface area contributed by atoms with Crippen LogP contribution >= 0.6 is 11.3 Å². The molecule has 1 heterocycles. The SMILES string of the molecule is COC(=O)c1csc(-c2ccc(C(C)C)cc2)c1. The summed E-state index contributed by atoms with van der Waals surface area (Å²) >= 11 is 1.56. The Morgan fingerprint density at radius 2 is 1.89 bits per heavy atom. The molecule has 0 aliphatic carbocycles. The normalized spacial score (nSPS) is 10.7. The van der Waals surface area contributed by atoms with Crippen LogP contribution in [0.5, 0.6) is 0 Å². The highest BCUT2D eigenvalue weighted by atomic mass is 32.1. The number of ether oxygens (including phenoxy) is 1. The van der Waals surface area contributed by atoms with Crippen LogP contribution in [0.4, 0.5) is 0 Å². The second-order valence-electron chi connectivity index (χ2n) is 4.47. The van der Waals surface area contributed by atoms with Crippen molar-refractivity contribution >= 4 is 17.3 Å². The zero-order valence-corrected chi connectivity index (χ0v) is 11.6. The van der Waals surface area contributed by atoms with Gasteiger partial charge in [-0.15, -0.1) is 11.3 Å². The van der Waals surface area contributed by atoms with E-state index in [4.69, 9.17) is 4.74 Å². The predicted molar refractivity (Wildman–Crippen MR) is 75.2 cm³/mol. The summed E-state index contributed by atoms with van der Waals surface area (Å²) in [5.41, 5.74) is 3.08. The number of benzene rings is 1. The lowest BCUT2D eigenvalue weighted by atomic mass is 10.0. The molecular weight excluding hydrogens is 244 g/mol. The minimum absolute atomic E-state index is 0.281. The molecule has 0 bridgehead atoms. The maximum absolute atomic E-state index is 11.4. The summed E-state index contributed by atoms with van der Waals surface area (Å²) in [5.74, 6) is 0.254. The highest BCUT2D eigenvalue weighted by molar-refractivity contribution is 7.13. The molecule has 18 heavy (non-hydrogen) atoms. The first-order valence-electron chi connectivity index (χ1n) is 5.89. The van der Waals surface area contributed by atoms with Gasteiger partial charge >= 0.3 is 5.97 Å². The lowest BCUT2D eigenvalue weighted by molar-refractivity contribution is 0.0601. The molecule has 0 N–H and O–H groups in total. The van der Waals surface area contributed by atoms with Crippen LogP contribution in [0, 0.1) is 0 Å². The van der Waals surface area contributed by atoms with Gasteiger partial charge in [0, 0.05) is 10.3 Å². The van der Waals surface area contributed by atoms with E-state index in [9.17, 15) is 4.79 Å². The molecule has 0 aliphatic heterocycles. The van der Waals surface area contributed by atoms with Crippen LogP contribution in [0.15, 0.2) is 35.7 Å². The van der Waals surface area contributed by atoms with Gasteiger partial charge in [-0.3, -0.25) is 0 Å². The molecule has 94 valence electrons. The number of carbonyl (C=O) groups excluding carboxylic acids is 1. The molecule has 3 heteroatoms. The third-order valence-corrected chi connectivity index (χ3v) is 3.86. The van der Waals surface area contributed by atoms with E-state index in [1.807, 2.05) is 11.4 Å². The van der Waals surface area contributed by atoms with Gasteiger partial charge in [0.1, 0.15) is 0 Å². The summed E-state index contributed by atoms with van der Waals surface area (Å²) in [6, 6.07) is 10.3. The highest BCUT2D eigenvalue weighted by Gasteiger charge is 2.09. The van der Waals surface area contributed by atoms with Gasteiger partial charge in [0.2, 0.25) is 0 Å². The Labute approximate surface area is 111 Å². The summed E-state index contributed by atoms with van der Waals surface area (Å²) in [5, 5.41) is 1.83. The van der Waals surface area contributed by atoms with Gasteiger partial charge in [-0.2, -0.15) is 0 Å². The molecule has 1 aromatic carbocycles. The fourth-order valence-corrected chi connectivity index (χ4v) is 2.63. The molecule has 2 aromatic rings. The summed E-state index contributed by atoms with van der Waals surface area (Å²) in [6.45, 7) is 4.35. The number of hydrogen-bond donors (Lipinski definition) is 0. The summed E-state index contributed by atoms with van der Waals surface area (Å²) in [4.78, 5) is 12.5. The van der Waals surface area contributed by atoms with Crippen LogP contribution in [0.1, 0.15) is 35.7 Å². The van der Waals surface area contributed by atoms with Crippen molar-refractivity contribution in [2.75, 3.05) is 7.11 Å². The molecule has 0 saturated carbocycles. The highest BCUT2D eigenvalue weighted by Crippen LogP contribution is 2.28. The lowest BCUT2D eigenvalue weighted by Crippen LogP contribution is -1.98. The van der Waals surface area contributed by atoms with Crippen molar-refractivity contribution in [3.8, 4) is 10.4 Å². The van der Waals surface area contributed by atoms with Gasteiger partial charge < -0.3 is 4.74 Å². The third kappa shape index (κ3) is 2.62. The van der Waals surface area contributed by atoms with E-state index in [1.54, 1.807) is 11.3 Å². The van der Waals surface area contributed by atoms with Crippen molar-refractivity contribution in [3.05, 3.63) is 46.8 Å². The molecule has 0 radical (unpaired) electrons. The molecular formula is C15H16O2S. The Balaban J connectivity index is 2.26. The summed E-state index contributed by atoms with van der Waals surface area (Å²) in [6.07, 6.45) is 0. The number of rotatable bonds is 3. The number of thiophene rings is 1. The maximum Gasteiger partial charge on any atom is 0.338 e. The Kier molecular flexibility index (Phi) is 3.82. The molecule has 0 spiro atoms. The molecule has 0 saturated heterocycles. The summed E-state index contributed by atoms with van der Waals surface area (Å²) < 4.78 is 4.70. The van der Waals surface area contributed by atoms with E-state index < -0.39 is 0 Å². The Bertz CT molecular complexity index is 538. The number of methoxy groups -OCH3 is 1. The molecule has 1 aromatic heterocycles. The average molecular weight is 260 g/mol. The van der Waals surface area contributed by atoms with Gasteiger partial charge in [-0.1, -0.05) is 38.1 Å². The van der Waals surface area contributed by atoms with Crippen molar-refractivity contribution in [1.29, 1.82) is 0 Å². The van der Waals surface area contributed by atoms with Gasteiger partial charge in [0.25, 0.3) is 0 Å². The Morgan fingerprint density at radius 3 is 2.44 bits per heavy atom. The van der Waals surface area contributed by atoms with Gasteiger partial charge in [-0.25, -0.2) is 4.79 Å². The van der Waals surface area contributed by atoms with Crippen LogP contribution in [-0.4, -0.2) is 13.1 Å². The monoisotopic (exact) mass is 260 g/mol. The van der Waals surface area contributed by atoms with E-state index in [2.05, 4.69) is 38.1 Å². The number of hydrogen-bond acceptors (Lipinski definition) is 3. The smallest absolute Gasteiger partial charge is 0.338 e. The lowest BCUT2D eigenvalue weighted by Gasteiger charge is -2.05. The Hall–Kier alpha value is -1.61. The van der Waals surface area contributed by atoms with Crippen LogP contribution in [0.3, 0.4) is 0 Å². The molecule has 0 amide bonds. The zero-order valence-electron chi connectivity index (χ0n) is 10.8. The number of esters is 1. The maximum atomic E-state index is 11.4. The molecule has 0 unspecified atom stereocenters. The Morgan fingerprint density at radius 1 is 1.22 bits per heavy atom. The van der Waals surface area contributed by atoms with Crippen LogP contribution in [0.2, 0.25) is 0 Å². The number of carbonyl (C=O) groups is 1. The van der Waals surface area contributed by atoms with Gasteiger partial charge in [0.15, 0.2) is 0 Å². The van der Waals surface area contributed by atoms with E-state index >= 15 is 0 Å². The second-order valence-corrected chi connectivity index (χ2v) is 5.38. The van der Waals surface area contributed by atoms with E-state index in [0.717, 1.165) is 10.4 Å². The largest absolute Gasteiger partial charge is 0.465 e. The fourth-order valence-electron chi connectivity index (χ4n) is 1.74. The minimum Gasteiger partial charge on any atom is -0.465 e. The molecule has 2 rings (SSSR count). The first kappa shape index (κ1) is 12.8. The quantitative estimate of drug-likeness (QED) is 0.768. The first-order chi connectivity index (χ1) is 8.61. The van der Waals surface area contributed by atoms with Crippen molar-refractivity contribution in [3.63, 3.8) is 0 Å². The minimum atomic E-state index is -0.281. The van der Waals surface area contributed by atoms with Crippen molar-refractivity contribution in [2.45, 2.75) is 19.8 Å². The molecule has 0 atom stereocenters. The van der Waals surface area contributed by atoms with E-state index in [0.29, 0.717) is 11.5 Å². The van der Waals surface area contributed by atoms with Crippen LogP contribution in [0.25, 0.3) is 10.4 Å². The third-order valence-electron chi connectivity index (χ3n) is 2.88. The second kappa shape index (κ2) is 5.36. The van der Waals surface area contributed by atoms with Gasteiger partial charge in [-0.05, 0) is 23.1 Å². The molecule has 0 aliphatic rings. The molecule has 2 nitrogen and oxygen atoms in total. The van der Waals surface area contributed by atoms with Crippen molar-refractivity contribution < 1.29 is 9.53 Å². The predicted octanol–water partition coefficient (Wildman–Crippen LogP) is 4.33. The standard InChI is InChI=1S/C15H16O2S/c1-10(2)11-4-6-12(7-5-11)14-8-13(9-18-14)15(16)17-3/h4-10H,1-3H3. The first-order valence-corrected chi connectivity index (χ1v) is 6.77. The van der Waals surface area contributed by atoms with Crippen molar-refractivity contribution in [2.24, 2.45) is 0 Å². The van der Waals surface area contributed by atoms with Crippen molar-refractivity contribution in [1.82, 2.24) is 0 Å². The average Bonchev–Trinajstić information content (AvgIpc) is 2.87. The fraction of sp³-hybridized carbons (Fsp3) is 0.267. The van der Waals surface area contributed by atoms with E-state index in [-0.39, 0.29) is 5.97 Å². The molecule has 0 fully saturated rings. The van der Waals surface area contributed by atoms with Gasteiger partial charge in [0.05, 0.1) is 12.7 Å². The van der Waals surface area contributed by atoms with E-state index in [1.165, 1.54) is 12.7 Å². The zero-order chi connectivity index (χ0) is 13.1. The summed E-state index contributed by atoms with van der Waals surface area (Å²) in [7, 11) is 1.40. The van der Waals surface area contributed by atoms with Crippen LogP contribution < -0.4 is 0 Å².